The maximum atomic E-state index is 13.5. The molecule has 3 aromatic carbocycles. The third-order valence-electron chi connectivity index (χ3n) is 5.10. The predicted octanol–water partition coefficient (Wildman–Crippen LogP) is 6.15. The monoisotopic (exact) mass is 489 g/mol. The Morgan fingerprint density at radius 3 is 1.75 bits per heavy atom. The summed E-state index contributed by atoms with van der Waals surface area (Å²) >= 11 is 12.3. The number of ketones is 1. The molecule has 164 valence electrons. The van der Waals surface area contributed by atoms with Crippen molar-refractivity contribution >= 4 is 47.6 Å². The Morgan fingerprint density at radius 1 is 0.781 bits per heavy atom. The summed E-state index contributed by atoms with van der Waals surface area (Å²) in [6.07, 6.45) is 0. The Labute approximate surface area is 197 Å². The molecule has 0 amide bonds. The second kappa shape index (κ2) is 9.83. The molecule has 0 aliphatic rings. The molecule has 1 atom stereocenters. The molecule has 0 radical (unpaired) electrons. The highest BCUT2D eigenvalue weighted by Crippen LogP contribution is 2.43. The third-order valence-corrected chi connectivity index (χ3v) is 7.13. The van der Waals surface area contributed by atoms with Crippen LogP contribution >= 0.6 is 31.0 Å². The van der Waals surface area contributed by atoms with E-state index in [1.165, 1.54) is 26.4 Å². The molecule has 3 rings (SSSR count). The van der Waals surface area contributed by atoms with E-state index in [1.807, 2.05) is 6.07 Å². The lowest BCUT2D eigenvalue weighted by atomic mass is 9.93. The number of methoxy groups -OCH3 is 2. The predicted molar refractivity (Wildman–Crippen MR) is 127 cm³/mol. The first kappa shape index (κ1) is 23.9. The molecule has 0 N–H and O–H groups in total. The molecular formula is C24H20Cl2O5P+. The van der Waals surface area contributed by atoms with Gasteiger partial charge in [0.25, 0.3) is 5.30 Å². The van der Waals surface area contributed by atoms with Crippen molar-refractivity contribution in [1.29, 1.82) is 0 Å². The molecule has 0 fully saturated rings. The second-order valence-electron chi connectivity index (χ2n) is 6.93. The Balaban J connectivity index is 2.25. The lowest BCUT2D eigenvalue weighted by molar-refractivity contribution is 0.103. The maximum absolute atomic E-state index is 13.5. The van der Waals surface area contributed by atoms with Crippen LogP contribution < -0.4 is 14.8 Å². The Bertz CT molecular complexity index is 1190. The van der Waals surface area contributed by atoms with Crippen molar-refractivity contribution in [3.8, 4) is 11.5 Å². The molecule has 3 aromatic rings. The molecule has 5 nitrogen and oxygen atoms in total. The van der Waals surface area contributed by atoms with Gasteiger partial charge in [0.2, 0.25) is 0 Å². The Kier molecular flexibility index (Phi) is 7.35. The van der Waals surface area contributed by atoms with Gasteiger partial charge in [-0.2, -0.15) is 0 Å². The first-order valence-electron chi connectivity index (χ1n) is 9.55. The van der Waals surface area contributed by atoms with E-state index in [2.05, 4.69) is 0 Å². The van der Waals surface area contributed by atoms with Crippen molar-refractivity contribution in [3.63, 3.8) is 0 Å². The minimum absolute atomic E-state index is 0.0409. The summed E-state index contributed by atoms with van der Waals surface area (Å²) in [6.45, 7) is 3.36. The van der Waals surface area contributed by atoms with Crippen LogP contribution in [0.15, 0.2) is 48.5 Å². The van der Waals surface area contributed by atoms with E-state index < -0.39 is 13.3 Å². The summed E-state index contributed by atoms with van der Waals surface area (Å²) in [5, 5.41) is 0.242. The zero-order chi connectivity index (χ0) is 23.6. The minimum atomic E-state index is -2.74. The van der Waals surface area contributed by atoms with Crippen molar-refractivity contribution in [2.45, 2.75) is 13.8 Å². The van der Waals surface area contributed by atoms with Crippen LogP contribution in [0.3, 0.4) is 0 Å². The number of rotatable bonds is 7. The van der Waals surface area contributed by atoms with Crippen LogP contribution in [0.5, 0.6) is 11.5 Å². The van der Waals surface area contributed by atoms with Crippen molar-refractivity contribution in [2.24, 2.45) is 0 Å². The smallest absolute Gasteiger partial charge is 0.466 e. The highest BCUT2D eigenvalue weighted by molar-refractivity contribution is 7.72. The molecule has 0 aromatic heterocycles. The van der Waals surface area contributed by atoms with E-state index in [1.54, 1.807) is 44.2 Å². The Morgan fingerprint density at radius 2 is 1.28 bits per heavy atom. The average molecular weight is 490 g/mol. The molecule has 0 saturated carbocycles. The van der Waals surface area contributed by atoms with E-state index in [9.17, 15) is 14.2 Å². The van der Waals surface area contributed by atoms with Crippen LogP contribution in [0, 0.1) is 13.8 Å². The first-order valence-corrected chi connectivity index (χ1v) is 11.6. The van der Waals surface area contributed by atoms with Gasteiger partial charge in [0.1, 0.15) is 5.56 Å². The molecule has 0 saturated heterocycles. The van der Waals surface area contributed by atoms with Crippen molar-refractivity contribution in [1.82, 2.24) is 0 Å². The summed E-state index contributed by atoms with van der Waals surface area (Å²) in [6, 6.07) is 13.3. The zero-order valence-electron chi connectivity index (χ0n) is 17.9. The quantitative estimate of drug-likeness (QED) is 0.294. The number of benzene rings is 3. The number of hydrogen-bond donors (Lipinski definition) is 0. The van der Waals surface area contributed by atoms with Gasteiger partial charge in [0, 0.05) is 22.3 Å². The molecule has 0 heterocycles. The van der Waals surface area contributed by atoms with Crippen molar-refractivity contribution in [3.05, 3.63) is 86.4 Å². The Hall–Kier alpha value is -2.72. The van der Waals surface area contributed by atoms with E-state index in [4.69, 9.17) is 32.7 Å². The van der Waals surface area contributed by atoms with E-state index in [0.717, 1.165) is 0 Å². The number of ether oxygens (including phenoxy) is 2. The average Bonchev–Trinajstić information content (AvgIpc) is 2.78. The topological polar surface area (TPSA) is 69.7 Å². The fourth-order valence-electron chi connectivity index (χ4n) is 3.63. The standard InChI is InChI=1S/C24H20Cl2O5P/c1-13-18(20(27)15-9-6-5-7-10-15)14(2)22(31-4)23(21(13)30-3)32(29)24(28)19-16(25)11-8-12-17(19)26/h5-12H,1-4H3/q+1. The van der Waals surface area contributed by atoms with Crippen LogP contribution in [0.25, 0.3) is 0 Å². The summed E-state index contributed by atoms with van der Waals surface area (Å²) in [5.74, 6) is 0.0492. The summed E-state index contributed by atoms with van der Waals surface area (Å²) < 4.78 is 24.6. The largest absolute Gasteiger partial charge is 0.492 e. The van der Waals surface area contributed by atoms with Crippen LogP contribution in [0.1, 0.15) is 37.4 Å². The lowest BCUT2D eigenvalue weighted by Crippen LogP contribution is -2.18. The van der Waals surface area contributed by atoms with Gasteiger partial charge in [0.15, 0.2) is 17.3 Å². The van der Waals surface area contributed by atoms with Gasteiger partial charge >= 0.3 is 13.3 Å². The summed E-state index contributed by atoms with van der Waals surface area (Å²) in [4.78, 5) is 26.4. The summed E-state index contributed by atoms with van der Waals surface area (Å²) in [5.41, 5.74) is 0.959. The SMILES string of the molecule is COc1c(C)c(C(=O)c2ccccc2)c(C)c(OC)c1[P+](=O)C(=O)c1c(Cl)cccc1Cl. The highest BCUT2D eigenvalue weighted by Gasteiger charge is 2.44. The minimum Gasteiger partial charge on any atom is -0.492 e. The van der Waals surface area contributed by atoms with Crippen LogP contribution in [0.2, 0.25) is 10.0 Å². The lowest BCUT2D eigenvalue weighted by Gasteiger charge is -2.17. The van der Waals surface area contributed by atoms with E-state index in [-0.39, 0.29) is 38.2 Å². The molecular weight excluding hydrogens is 470 g/mol. The molecule has 0 bridgehead atoms. The van der Waals surface area contributed by atoms with Crippen molar-refractivity contribution in [2.75, 3.05) is 14.2 Å². The van der Waals surface area contributed by atoms with Crippen LogP contribution in [0.4, 0.5) is 0 Å². The fraction of sp³-hybridized carbons (Fsp3) is 0.167. The van der Waals surface area contributed by atoms with Crippen molar-refractivity contribution < 1.29 is 23.6 Å². The van der Waals surface area contributed by atoms with Gasteiger partial charge in [-0.25, -0.2) is 4.79 Å². The molecule has 1 unspecified atom stereocenters. The maximum Gasteiger partial charge on any atom is 0.466 e. The number of halogens is 2. The molecule has 8 heteroatoms. The van der Waals surface area contributed by atoms with Gasteiger partial charge in [-0.05, 0) is 26.0 Å². The third kappa shape index (κ3) is 4.16. The van der Waals surface area contributed by atoms with Crippen LogP contribution in [-0.4, -0.2) is 25.5 Å². The summed E-state index contributed by atoms with van der Waals surface area (Å²) in [7, 11) is 0.0287. The van der Waals surface area contributed by atoms with Crippen LogP contribution in [-0.2, 0) is 4.57 Å². The fourth-order valence-corrected chi connectivity index (χ4v) is 5.87. The van der Waals surface area contributed by atoms with E-state index >= 15 is 0 Å². The van der Waals surface area contributed by atoms with Gasteiger partial charge in [0.05, 0.1) is 24.3 Å². The van der Waals surface area contributed by atoms with Gasteiger partial charge < -0.3 is 9.47 Å². The molecule has 0 aliphatic carbocycles. The van der Waals surface area contributed by atoms with Gasteiger partial charge in [-0.3, -0.25) is 4.79 Å². The molecule has 32 heavy (non-hydrogen) atoms. The normalized spacial score (nSPS) is 11.1. The van der Waals surface area contributed by atoms with E-state index in [0.29, 0.717) is 22.3 Å². The highest BCUT2D eigenvalue weighted by atomic mass is 35.5. The zero-order valence-corrected chi connectivity index (χ0v) is 20.3. The molecule has 0 spiro atoms. The number of carbonyl (C=O) groups is 2. The molecule has 0 aliphatic heterocycles. The number of carbonyl (C=O) groups excluding carboxylic acids is 2. The number of hydrogen-bond acceptors (Lipinski definition) is 5. The van der Waals surface area contributed by atoms with Gasteiger partial charge in [-0.1, -0.05) is 64.2 Å². The van der Waals surface area contributed by atoms with Gasteiger partial charge in [-0.15, -0.1) is 0 Å². The first-order chi connectivity index (χ1) is 15.2. The second-order valence-corrected chi connectivity index (χ2v) is 9.19.